The lowest BCUT2D eigenvalue weighted by Crippen LogP contribution is -2.54. The van der Waals surface area contributed by atoms with E-state index in [4.69, 9.17) is 6.52 Å². The molecule has 1 amide bonds. The monoisotopic (exact) mass is 231 g/mol. The molecule has 5 heteroatoms. The zero-order valence-corrected chi connectivity index (χ0v) is 10.5. The molecular weight excluding hydrogens is 208 g/mol. The van der Waals surface area contributed by atoms with Crippen LogP contribution in [0.15, 0.2) is 0 Å². The van der Waals surface area contributed by atoms with Crippen LogP contribution in [0.1, 0.15) is 34.6 Å². The minimum Gasteiger partial charge on any atom is -0.480 e. The van der Waals surface area contributed by atoms with Crippen molar-refractivity contribution in [3.8, 4) is 0 Å². The Morgan fingerprint density at radius 2 is 1.88 bits per heavy atom. The van der Waals surface area contributed by atoms with Crippen LogP contribution in [0.4, 0.5) is 0 Å². The second-order valence-corrected chi connectivity index (χ2v) is 5.37. The Bertz CT molecular complexity index is 287. The summed E-state index contributed by atoms with van der Waals surface area (Å²) < 4.78 is 7.15. The van der Waals surface area contributed by atoms with Crippen molar-refractivity contribution in [2.75, 3.05) is 0 Å². The molecular formula is C11H22N2O3. The molecule has 0 spiro atoms. The second-order valence-electron chi connectivity index (χ2n) is 5.37. The molecule has 0 rings (SSSR count). The van der Waals surface area contributed by atoms with E-state index >= 15 is 0 Å². The predicted octanol–water partition coefficient (Wildman–Crippen LogP) is 0.585. The van der Waals surface area contributed by atoms with Gasteiger partial charge in [-0.05, 0) is 11.3 Å². The maximum atomic E-state index is 11.9. The SMILES string of the molecule is [2H]NC(C(=O)N[C@H](C(=O)O)C(C)C)C(C)(C)C. The summed E-state index contributed by atoms with van der Waals surface area (Å²) in [7, 11) is 0. The number of carbonyl (C=O) groups excluding carboxylic acids is 1. The van der Waals surface area contributed by atoms with Crippen LogP contribution < -0.4 is 11.0 Å². The smallest absolute Gasteiger partial charge is 0.326 e. The van der Waals surface area contributed by atoms with E-state index in [0.717, 1.165) is 0 Å². The van der Waals surface area contributed by atoms with Gasteiger partial charge in [-0.15, -0.1) is 0 Å². The zero-order chi connectivity index (χ0) is 13.8. The lowest BCUT2D eigenvalue weighted by molar-refractivity contribution is -0.143. The van der Waals surface area contributed by atoms with Crippen LogP contribution in [0.25, 0.3) is 0 Å². The summed E-state index contributed by atoms with van der Waals surface area (Å²) >= 11 is 0. The highest BCUT2D eigenvalue weighted by molar-refractivity contribution is 5.87. The highest BCUT2D eigenvalue weighted by atomic mass is 16.4. The average Bonchev–Trinajstić information content (AvgIpc) is 2.11. The molecule has 0 aliphatic heterocycles. The Morgan fingerprint density at radius 1 is 1.38 bits per heavy atom. The standard InChI is InChI=1S/C11H22N2O3/c1-6(2)7(10(15)16)13-9(14)8(12)11(3,4)5/h6-8H,12H2,1-5H3,(H,13,14)(H,15,16)/t7-,8?/m0/s1/i/hD. The fraction of sp³-hybridized carbons (Fsp3) is 0.818. The lowest BCUT2D eigenvalue weighted by Gasteiger charge is -2.28. The van der Waals surface area contributed by atoms with Crippen molar-refractivity contribution >= 4 is 11.9 Å². The molecule has 0 fully saturated rings. The number of hydrogen-bond acceptors (Lipinski definition) is 3. The number of carboxylic acids is 1. The van der Waals surface area contributed by atoms with Crippen molar-refractivity contribution in [1.82, 2.24) is 5.32 Å². The summed E-state index contributed by atoms with van der Waals surface area (Å²) in [6.45, 7) is 8.87. The molecule has 5 nitrogen and oxygen atoms in total. The van der Waals surface area contributed by atoms with E-state index in [-0.39, 0.29) is 5.92 Å². The van der Waals surface area contributed by atoms with E-state index < -0.39 is 29.4 Å². The average molecular weight is 231 g/mol. The summed E-state index contributed by atoms with van der Waals surface area (Å²) in [6.07, 6.45) is 0. The Hall–Kier alpha value is -1.10. The number of rotatable bonds is 5. The lowest BCUT2D eigenvalue weighted by atomic mass is 9.86. The third kappa shape index (κ3) is 4.18. The molecule has 0 heterocycles. The van der Waals surface area contributed by atoms with Gasteiger partial charge in [-0.3, -0.25) is 4.79 Å². The number of carbonyl (C=O) groups is 2. The van der Waals surface area contributed by atoms with Gasteiger partial charge in [0.1, 0.15) is 7.45 Å². The van der Waals surface area contributed by atoms with Crippen LogP contribution in [0.5, 0.6) is 0 Å². The highest BCUT2D eigenvalue weighted by Crippen LogP contribution is 2.17. The van der Waals surface area contributed by atoms with Crippen LogP contribution >= 0.6 is 0 Å². The summed E-state index contributed by atoms with van der Waals surface area (Å²) in [5.74, 6) is -1.73. The highest BCUT2D eigenvalue weighted by Gasteiger charge is 2.31. The van der Waals surface area contributed by atoms with E-state index in [1.807, 2.05) is 20.8 Å². The quantitative estimate of drug-likeness (QED) is 0.645. The zero-order valence-electron chi connectivity index (χ0n) is 11.5. The molecule has 0 aliphatic carbocycles. The minimum absolute atomic E-state index is 0.206. The molecule has 16 heavy (non-hydrogen) atoms. The van der Waals surface area contributed by atoms with Crippen LogP contribution in [-0.4, -0.2) is 29.1 Å². The Balaban J connectivity index is 4.76. The van der Waals surface area contributed by atoms with Gasteiger partial charge in [0.15, 0.2) is 0 Å². The second kappa shape index (κ2) is 5.30. The van der Waals surface area contributed by atoms with Gasteiger partial charge >= 0.3 is 5.97 Å². The van der Waals surface area contributed by atoms with Crippen molar-refractivity contribution in [1.29, 1.82) is 0 Å². The van der Waals surface area contributed by atoms with Crippen molar-refractivity contribution in [3.63, 3.8) is 0 Å². The number of nitrogens with one attached hydrogen (secondary N) is 1. The third-order valence-corrected chi connectivity index (χ3v) is 2.36. The van der Waals surface area contributed by atoms with Crippen LogP contribution in [0, 0.1) is 11.3 Å². The number of carboxylic acid groups (broad SMARTS) is 1. The van der Waals surface area contributed by atoms with Crippen molar-refractivity contribution in [2.24, 2.45) is 17.1 Å². The Labute approximate surface area is 97.9 Å². The molecule has 2 atom stereocenters. The first-order chi connectivity index (χ1) is 7.61. The molecule has 0 radical (unpaired) electrons. The van der Waals surface area contributed by atoms with Gasteiger partial charge in [0.05, 0.1) is 6.04 Å². The fourth-order valence-electron chi connectivity index (χ4n) is 1.14. The van der Waals surface area contributed by atoms with Gasteiger partial charge in [-0.1, -0.05) is 34.6 Å². The van der Waals surface area contributed by atoms with E-state index in [2.05, 4.69) is 11.0 Å². The van der Waals surface area contributed by atoms with E-state index in [0.29, 0.717) is 0 Å². The van der Waals surface area contributed by atoms with Gasteiger partial charge < -0.3 is 16.2 Å². The first kappa shape index (κ1) is 13.0. The van der Waals surface area contributed by atoms with E-state index in [1.165, 1.54) is 0 Å². The Morgan fingerprint density at radius 3 is 2.12 bits per heavy atom. The molecule has 0 aromatic carbocycles. The van der Waals surface area contributed by atoms with E-state index in [1.54, 1.807) is 13.8 Å². The molecule has 94 valence electrons. The first-order valence-corrected chi connectivity index (χ1v) is 5.31. The number of aliphatic carboxylic acids is 1. The van der Waals surface area contributed by atoms with Gasteiger partial charge in [-0.25, -0.2) is 4.79 Å². The predicted molar refractivity (Wildman–Crippen MR) is 61.8 cm³/mol. The molecule has 0 saturated carbocycles. The van der Waals surface area contributed by atoms with Crippen molar-refractivity contribution < 1.29 is 16.1 Å². The number of hydrogen-bond donors (Lipinski definition) is 3. The molecule has 0 saturated heterocycles. The van der Waals surface area contributed by atoms with Crippen LogP contribution in [-0.2, 0) is 9.59 Å². The van der Waals surface area contributed by atoms with Gasteiger partial charge in [0.2, 0.25) is 5.91 Å². The van der Waals surface area contributed by atoms with Crippen molar-refractivity contribution in [2.45, 2.75) is 46.7 Å². The first-order valence-electron chi connectivity index (χ1n) is 5.81. The number of amides is 1. The maximum Gasteiger partial charge on any atom is 0.326 e. The molecule has 0 aromatic heterocycles. The summed E-state index contributed by atoms with van der Waals surface area (Å²) in [5, 5.41) is 11.4. The van der Waals surface area contributed by atoms with Crippen LogP contribution in [0.2, 0.25) is 1.41 Å². The topological polar surface area (TPSA) is 92.4 Å². The Kier molecular flexibility index (Phi) is 4.29. The van der Waals surface area contributed by atoms with Gasteiger partial charge in [-0.2, -0.15) is 0 Å². The van der Waals surface area contributed by atoms with Crippen molar-refractivity contribution in [3.05, 3.63) is 0 Å². The normalized spacial score (nSPS) is 16.5. The maximum absolute atomic E-state index is 11.9. The molecule has 0 bridgehead atoms. The summed E-state index contributed by atoms with van der Waals surface area (Å²) in [5.41, 5.74) is 1.72. The minimum atomic E-state index is -1.06. The molecule has 0 aromatic rings. The summed E-state index contributed by atoms with van der Waals surface area (Å²) in [6, 6.07) is -1.68. The molecule has 4 N–H and O–H groups in total. The number of nitrogens with two attached hydrogens (primary N) is 1. The summed E-state index contributed by atoms with van der Waals surface area (Å²) in [4.78, 5) is 22.8. The van der Waals surface area contributed by atoms with Gasteiger partial charge in [0, 0.05) is 0 Å². The largest absolute Gasteiger partial charge is 0.480 e. The van der Waals surface area contributed by atoms with Crippen LogP contribution in [0.3, 0.4) is 0 Å². The molecule has 0 aliphatic rings. The third-order valence-electron chi connectivity index (χ3n) is 2.36. The fourth-order valence-corrected chi connectivity index (χ4v) is 1.14. The van der Waals surface area contributed by atoms with Gasteiger partial charge in [0.25, 0.3) is 0 Å². The molecule has 1 unspecified atom stereocenters. The van der Waals surface area contributed by atoms with E-state index in [9.17, 15) is 9.59 Å².